The van der Waals surface area contributed by atoms with Crippen molar-refractivity contribution < 1.29 is 8.42 Å². The number of hydrogen-bond donors (Lipinski definition) is 1. The number of aromatic amines is 1. The predicted molar refractivity (Wildman–Crippen MR) is 88.9 cm³/mol. The monoisotopic (exact) mass is 336 g/mol. The molecule has 1 N–H and O–H groups in total. The lowest BCUT2D eigenvalue weighted by Gasteiger charge is -2.21. The molecule has 0 amide bonds. The van der Waals surface area contributed by atoms with Gasteiger partial charge in [-0.2, -0.15) is 4.31 Å². The summed E-state index contributed by atoms with van der Waals surface area (Å²) < 4.78 is 26.7. The highest BCUT2D eigenvalue weighted by Gasteiger charge is 2.34. The molecule has 0 aliphatic carbocycles. The van der Waals surface area contributed by atoms with Gasteiger partial charge in [-0.25, -0.2) is 8.42 Å². The van der Waals surface area contributed by atoms with Crippen LogP contribution in [0.2, 0.25) is 5.02 Å². The van der Waals surface area contributed by atoms with Gasteiger partial charge in [-0.05, 0) is 48.7 Å². The topological polar surface area (TPSA) is 53.2 Å². The van der Waals surface area contributed by atoms with Gasteiger partial charge in [0.1, 0.15) is 0 Å². The molecule has 0 spiro atoms. The Hall–Kier alpha value is -1.56. The molecule has 2 aromatic rings. The summed E-state index contributed by atoms with van der Waals surface area (Å²) in [5.41, 5.74) is 1.75. The number of aromatic nitrogens is 1. The average molecular weight is 337 g/mol. The fraction of sp³-hybridized carbons (Fsp3) is 0.250. The fourth-order valence-electron chi connectivity index (χ4n) is 2.72. The molecule has 3 rings (SSSR count). The molecular formula is C16H17ClN2O2S. The van der Waals surface area contributed by atoms with Crippen LogP contribution in [0.4, 0.5) is 0 Å². The first kappa shape index (κ1) is 15.3. The van der Waals surface area contributed by atoms with E-state index in [1.807, 2.05) is 18.3 Å². The normalized spacial score (nSPS) is 20.0. The van der Waals surface area contributed by atoms with Crippen molar-refractivity contribution in [3.8, 4) is 0 Å². The zero-order chi connectivity index (χ0) is 15.6. The molecule has 1 atom stereocenters. The van der Waals surface area contributed by atoms with E-state index >= 15 is 0 Å². The molecule has 0 saturated carbocycles. The van der Waals surface area contributed by atoms with Crippen LogP contribution < -0.4 is 0 Å². The molecule has 4 nitrogen and oxygen atoms in total. The number of nitrogens with one attached hydrogen (secondary N) is 1. The van der Waals surface area contributed by atoms with Crippen LogP contribution in [0.1, 0.15) is 30.1 Å². The molecule has 22 heavy (non-hydrogen) atoms. The van der Waals surface area contributed by atoms with Crippen LogP contribution in [0.25, 0.3) is 6.08 Å². The maximum atomic E-state index is 12.6. The molecular weight excluding hydrogens is 320 g/mol. The highest BCUT2D eigenvalue weighted by Crippen LogP contribution is 2.33. The third-order valence-corrected chi connectivity index (χ3v) is 5.64. The Labute approximate surface area is 135 Å². The molecule has 1 aliphatic rings. The number of sulfonamides is 1. The third kappa shape index (κ3) is 3.27. The molecule has 1 fully saturated rings. The van der Waals surface area contributed by atoms with E-state index in [-0.39, 0.29) is 6.04 Å². The van der Waals surface area contributed by atoms with E-state index < -0.39 is 10.0 Å². The van der Waals surface area contributed by atoms with Gasteiger partial charge < -0.3 is 4.98 Å². The van der Waals surface area contributed by atoms with E-state index in [1.165, 1.54) is 5.41 Å². The first-order valence-corrected chi connectivity index (χ1v) is 9.03. The van der Waals surface area contributed by atoms with E-state index in [1.54, 1.807) is 34.6 Å². The summed E-state index contributed by atoms with van der Waals surface area (Å²) in [5, 5.41) is 1.91. The lowest BCUT2D eigenvalue weighted by atomic mass is 10.2. The Morgan fingerprint density at radius 3 is 2.68 bits per heavy atom. The summed E-state index contributed by atoms with van der Waals surface area (Å²) in [6.07, 6.45) is 5.14. The fourth-order valence-corrected chi connectivity index (χ4v) is 4.29. The highest BCUT2D eigenvalue weighted by molar-refractivity contribution is 7.92. The van der Waals surface area contributed by atoms with Crippen LogP contribution in [0.15, 0.2) is 48.0 Å². The van der Waals surface area contributed by atoms with Crippen LogP contribution in [0.5, 0.6) is 0 Å². The molecule has 116 valence electrons. The summed E-state index contributed by atoms with van der Waals surface area (Å²) in [6.45, 7) is 0.553. The summed E-state index contributed by atoms with van der Waals surface area (Å²) >= 11 is 5.83. The van der Waals surface area contributed by atoms with Crippen molar-refractivity contribution in [2.45, 2.75) is 18.9 Å². The second-order valence-electron chi connectivity index (χ2n) is 5.29. The van der Waals surface area contributed by atoms with E-state index in [4.69, 9.17) is 11.6 Å². The van der Waals surface area contributed by atoms with Gasteiger partial charge in [-0.15, -0.1) is 0 Å². The molecule has 1 aromatic heterocycles. The molecule has 1 aliphatic heterocycles. The maximum Gasteiger partial charge on any atom is 0.236 e. The molecule has 6 heteroatoms. The number of hydrogen-bond acceptors (Lipinski definition) is 2. The summed E-state index contributed by atoms with van der Waals surface area (Å²) in [5.74, 6) is 0. The van der Waals surface area contributed by atoms with E-state index in [2.05, 4.69) is 4.98 Å². The Morgan fingerprint density at radius 1 is 1.23 bits per heavy atom. The molecule has 2 heterocycles. The Morgan fingerprint density at radius 2 is 2.00 bits per heavy atom. The zero-order valence-electron chi connectivity index (χ0n) is 11.9. The van der Waals surface area contributed by atoms with Crippen molar-refractivity contribution in [2.24, 2.45) is 0 Å². The molecule has 0 radical (unpaired) electrons. The second-order valence-corrected chi connectivity index (χ2v) is 7.50. The van der Waals surface area contributed by atoms with Crippen molar-refractivity contribution >= 4 is 27.7 Å². The number of benzene rings is 1. The van der Waals surface area contributed by atoms with Crippen molar-refractivity contribution in [1.29, 1.82) is 0 Å². The standard InChI is InChI=1S/C16H17ClN2O2S/c17-14-7-5-13(6-8-14)9-12-22(20,21)19-11-2-4-16(19)15-3-1-10-18-15/h1,3,5-10,12,16,18H,2,4,11H2/b12-9+. The smallest absolute Gasteiger partial charge is 0.236 e. The highest BCUT2D eigenvalue weighted by atomic mass is 35.5. The average Bonchev–Trinajstić information content (AvgIpc) is 3.17. The van der Waals surface area contributed by atoms with E-state index in [0.29, 0.717) is 11.6 Å². The van der Waals surface area contributed by atoms with Crippen LogP contribution >= 0.6 is 11.6 Å². The minimum atomic E-state index is -3.44. The van der Waals surface area contributed by atoms with Gasteiger partial charge in [0, 0.05) is 28.9 Å². The Balaban J connectivity index is 1.81. The predicted octanol–water partition coefficient (Wildman–Crippen LogP) is 3.81. The Kier molecular flexibility index (Phi) is 4.38. The van der Waals surface area contributed by atoms with Gasteiger partial charge in [-0.3, -0.25) is 0 Å². The van der Waals surface area contributed by atoms with Crippen molar-refractivity contribution in [3.05, 3.63) is 64.3 Å². The quantitative estimate of drug-likeness (QED) is 0.923. The lowest BCUT2D eigenvalue weighted by molar-refractivity contribution is 0.397. The van der Waals surface area contributed by atoms with E-state index in [0.717, 1.165) is 24.1 Å². The zero-order valence-corrected chi connectivity index (χ0v) is 13.5. The molecule has 1 aromatic carbocycles. The van der Waals surface area contributed by atoms with Crippen molar-refractivity contribution in [3.63, 3.8) is 0 Å². The van der Waals surface area contributed by atoms with Crippen molar-refractivity contribution in [1.82, 2.24) is 9.29 Å². The van der Waals surface area contributed by atoms with Gasteiger partial charge in [-0.1, -0.05) is 23.7 Å². The first-order chi connectivity index (χ1) is 10.6. The SMILES string of the molecule is O=S(=O)(/C=C/c1ccc(Cl)cc1)N1CCCC1c1ccc[nH]1. The largest absolute Gasteiger partial charge is 0.364 e. The van der Waals surface area contributed by atoms with Crippen molar-refractivity contribution in [2.75, 3.05) is 6.54 Å². The number of H-pyrrole nitrogens is 1. The summed E-state index contributed by atoms with van der Waals surface area (Å²) in [7, 11) is -3.44. The minimum absolute atomic E-state index is 0.102. The lowest BCUT2D eigenvalue weighted by Crippen LogP contribution is -2.29. The van der Waals surface area contributed by atoms with Gasteiger partial charge in [0.15, 0.2) is 0 Å². The maximum absolute atomic E-state index is 12.6. The van der Waals surface area contributed by atoms with Crippen LogP contribution in [-0.4, -0.2) is 24.3 Å². The molecule has 1 unspecified atom stereocenters. The minimum Gasteiger partial charge on any atom is -0.364 e. The van der Waals surface area contributed by atoms with Gasteiger partial charge in [0.05, 0.1) is 6.04 Å². The number of halogens is 1. The Bertz CT molecular complexity index is 752. The molecule has 0 bridgehead atoms. The molecule has 1 saturated heterocycles. The third-order valence-electron chi connectivity index (χ3n) is 3.81. The number of nitrogens with zero attached hydrogens (tertiary/aromatic N) is 1. The van der Waals surface area contributed by atoms with E-state index in [9.17, 15) is 8.42 Å². The van der Waals surface area contributed by atoms with Crippen LogP contribution in [0, 0.1) is 0 Å². The summed E-state index contributed by atoms with van der Waals surface area (Å²) in [6, 6.07) is 10.8. The summed E-state index contributed by atoms with van der Waals surface area (Å²) in [4.78, 5) is 3.12. The second kappa shape index (κ2) is 6.28. The first-order valence-electron chi connectivity index (χ1n) is 7.15. The number of rotatable bonds is 4. The van der Waals surface area contributed by atoms with Crippen LogP contribution in [0.3, 0.4) is 0 Å². The van der Waals surface area contributed by atoms with Gasteiger partial charge in [0.2, 0.25) is 10.0 Å². The van der Waals surface area contributed by atoms with Crippen LogP contribution in [-0.2, 0) is 10.0 Å². The van der Waals surface area contributed by atoms with Gasteiger partial charge in [0.25, 0.3) is 0 Å². The van der Waals surface area contributed by atoms with Gasteiger partial charge >= 0.3 is 0 Å².